The Kier molecular flexibility index (Phi) is 11.6. The monoisotopic (exact) mass is 884 g/mol. The van der Waals surface area contributed by atoms with Gasteiger partial charge in [0.25, 0.3) is 0 Å². The molecule has 8 aromatic rings. The zero-order valence-electron chi connectivity index (χ0n) is 26.1. The predicted molar refractivity (Wildman–Crippen MR) is 212 cm³/mol. The van der Waals surface area contributed by atoms with E-state index in [1.807, 2.05) is 23.5 Å². The fourth-order valence-corrected chi connectivity index (χ4v) is 13.6. The van der Waals surface area contributed by atoms with Gasteiger partial charge in [-0.05, 0) is 0 Å². The molecule has 8 rings (SSSR count). The van der Waals surface area contributed by atoms with Crippen LogP contribution in [0.4, 0.5) is 0 Å². The molecule has 0 aliphatic rings. The van der Waals surface area contributed by atoms with Crippen LogP contribution >= 0.6 is 23.5 Å². The first-order valence-corrected chi connectivity index (χ1v) is 22.0. The minimum absolute atomic E-state index is 0.388. The third-order valence-corrected chi connectivity index (χ3v) is 15.8. The van der Waals surface area contributed by atoms with Gasteiger partial charge in [0.05, 0.1) is 0 Å². The van der Waals surface area contributed by atoms with Crippen LogP contribution in [0.1, 0.15) is 0 Å². The SMILES string of the molecule is c1ccc(Sc2cccc3cccc([Te]c4ccccc4)c23)cc1.c1ccc(Sc2cccc3cccc([Te]c4ccccc4)c23)cc1. The van der Waals surface area contributed by atoms with Gasteiger partial charge in [0.15, 0.2) is 0 Å². The summed E-state index contributed by atoms with van der Waals surface area (Å²) in [6.45, 7) is 0. The van der Waals surface area contributed by atoms with Crippen molar-refractivity contribution in [2.45, 2.75) is 19.6 Å². The molecule has 0 heterocycles. The van der Waals surface area contributed by atoms with Crippen molar-refractivity contribution in [2.24, 2.45) is 0 Å². The fraction of sp³-hybridized carbons (Fsp3) is 0. The van der Waals surface area contributed by atoms with E-state index >= 15 is 0 Å². The molecular formula is C44H32S2Te2. The van der Waals surface area contributed by atoms with Gasteiger partial charge in [0.2, 0.25) is 0 Å². The summed E-state index contributed by atoms with van der Waals surface area (Å²) in [5.41, 5.74) is 0. The molecule has 0 bridgehead atoms. The standard InChI is InChI=1S/2C22H16STe/c2*1-3-11-18(12-4-1)23-20-15-7-9-17-10-8-16-21(22(17)20)24-19-13-5-2-6-14-19/h2*1-16H. The summed E-state index contributed by atoms with van der Waals surface area (Å²) in [7, 11) is 0. The number of fused-ring (bicyclic) bond motifs is 2. The van der Waals surface area contributed by atoms with Crippen LogP contribution in [0, 0.1) is 0 Å². The van der Waals surface area contributed by atoms with Crippen molar-refractivity contribution in [3.63, 3.8) is 0 Å². The molecule has 0 N–H and O–H groups in total. The molecule has 0 saturated heterocycles. The Morgan fingerprint density at radius 2 is 0.625 bits per heavy atom. The van der Waals surface area contributed by atoms with E-state index in [2.05, 4.69) is 194 Å². The van der Waals surface area contributed by atoms with Gasteiger partial charge >= 0.3 is 315 Å². The second-order valence-corrected chi connectivity index (χ2v) is 19.5. The maximum absolute atomic E-state index is 2.31. The molecule has 0 radical (unpaired) electrons. The third-order valence-electron chi connectivity index (χ3n) is 7.54. The van der Waals surface area contributed by atoms with Crippen LogP contribution in [-0.4, -0.2) is 41.8 Å². The maximum atomic E-state index is 2.31. The van der Waals surface area contributed by atoms with Gasteiger partial charge in [0.1, 0.15) is 0 Å². The number of rotatable bonds is 8. The molecule has 8 aromatic carbocycles. The van der Waals surface area contributed by atoms with E-state index in [1.54, 1.807) is 0 Å². The van der Waals surface area contributed by atoms with Crippen LogP contribution in [-0.2, 0) is 0 Å². The van der Waals surface area contributed by atoms with E-state index in [0.717, 1.165) is 0 Å². The Balaban J connectivity index is 0.000000152. The Bertz CT molecular complexity index is 1910. The van der Waals surface area contributed by atoms with Gasteiger partial charge in [-0.25, -0.2) is 0 Å². The summed E-state index contributed by atoms with van der Waals surface area (Å²) in [5, 5.41) is 5.55. The van der Waals surface area contributed by atoms with Crippen molar-refractivity contribution in [3.8, 4) is 0 Å². The van der Waals surface area contributed by atoms with E-state index in [-0.39, 0.29) is 41.8 Å². The summed E-state index contributed by atoms with van der Waals surface area (Å²) in [4.78, 5) is 5.30. The van der Waals surface area contributed by atoms with Gasteiger partial charge in [-0.15, -0.1) is 0 Å². The fourth-order valence-electron chi connectivity index (χ4n) is 5.35. The number of benzene rings is 8. The molecular weight excluding hydrogens is 848 g/mol. The Hall–Kier alpha value is -3.44. The van der Waals surface area contributed by atoms with Crippen molar-refractivity contribution in [3.05, 3.63) is 194 Å². The molecule has 0 atom stereocenters. The average Bonchev–Trinajstić information content (AvgIpc) is 3.14. The van der Waals surface area contributed by atoms with E-state index in [1.165, 1.54) is 55.6 Å². The molecule has 0 aliphatic heterocycles. The van der Waals surface area contributed by atoms with Crippen LogP contribution in [0.2, 0.25) is 0 Å². The summed E-state index contributed by atoms with van der Waals surface area (Å²) in [5.74, 6) is 0. The zero-order valence-corrected chi connectivity index (χ0v) is 32.4. The summed E-state index contributed by atoms with van der Waals surface area (Å²) < 4.78 is 6.00. The van der Waals surface area contributed by atoms with E-state index < -0.39 is 0 Å². The van der Waals surface area contributed by atoms with Gasteiger partial charge in [0, 0.05) is 0 Å². The number of hydrogen-bond donors (Lipinski definition) is 0. The normalized spacial score (nSPS) is 10.8. The van der Waals surface area contributed by atoms with Crippen LogP contribution in [0.3, 0.4) is 0 Å². The molecule has 0 nitrogen and oxygen atoms in total. The molecule has 0 aliphatic carbocycles. The Morgan fingerprint density at radius 3 is 1.00 bits per heavy atom. The Morgan fingerprint density at radius 1 is 0.292 bits per heavy atom. The Labute approximate surface area is 312 Å². The zero-order chi connectivity index (χ0) is 32.4. The predicted octanol–water partition coefficient (Wildman–Crippen LogP) is 9.29. The van der Waals surface area contributed by atoms with Crippen molar-refractivity contribution in [2.75, 3.05) is 0 Å². The summed E-state index contributed by atoms with van der Waals surface area (Å²) in [6, 6.07) is 69.8. The number of hydrogen-bond acceptors (Lipinski definition) is 2. The van der Waals surface area contributed by atoms with Crippen LogP contribution < -0.4 is 14.4 Å². The van der Waals surface area contributed by atoms with Gasteiger partial charge in [-0.3, -0.25) is 0 Å². The van der Waals surface area contributed by atoms with Crippen LogP contribution in [0.5, 0.6) is 0 Å². The molecule has 4 heteroatoms. The summed E-state index contributed by atoms with van der Waals surface area (Å²) in [6.07, 6.45) is 0. The minimum atomic E-state index is -0.388. The van der Waals surface area contributed by atoms with E-state index in [4.69, 9.17) is 0 Å². The van der Waals surface area contributed by atoms with Crippen molar-refractivity contribution in [1.82, 2.24) is 0 Å². The first kappa shape index (κ1) is 33.1. The topological polar surface area (TPSA) is 0 Å². The van der Waals surface area contributed by atoms with E-state index in [0.29, 0.717) is 0 Å². The first-order valence-electron chi connectivity index (χ1n) is 15.8. The van der Waals surface area contributed by atoms with Crippen molar-refractivity contribution in [1.29, 1.82) is 0 Å². The van der Waals surface area contributed by atoms with Gasteiger partial charge < -0.3 is 0 Å². The summed E-state index contributed by atoms with van der Waals surface area (Å²) >= 11 is 2.95. The second-order valence-electron chi connectivity index (χ2n) is 10.9. The molecule has 0 unspecified atom stereocenters. The van der Waals surface area contributed by atoms with Crippen molar-refractivity contribution >= 4 is 101 Å². The second kappa shape index (κ2) is 16.8. The molecule has 0 amide bonds. The molecule has 0 saturated carbocycles. The molecule has 0 fully saturated rings. The van der Waals surface area contributed by atoms with E-state index in [9.17, 15) is 0 Å². The van der Waals surface area contributed by atoms with Crippen molar-refractivity contribution < 1.29 is 0 Å². The van der Waals surface area contributed by atoms with Gasteiger partial charge in [-0.2, -0.15) is 0 Å². The average molecular weight is 880 g/mol. The quantitative estimate of drug-likeness (QED) is 0.140. The first-order chi connectivity index (χ1) is 23.8. The van der Waals surface area contributed by atoms with Crippen LogP contribution in [0.25, 0.3) is 21.5 Å². The molecule has 0 spiro atoms. The molecule has 0 aromatic heterocycles. The van der Waals surface area contributed by atoms with Gasteiger partial charge in [-0.1, -0.05) is 0 Å². The van der Waals surface area contributed by atoms with Crippen LogP contribution in [0.15, 0.2) is 214 Å². The molecule has 48 heavy (non-hydrogen) atoms. The molecule has 232 valence electrons. The third kappa shape index (κ3) is 8.58.